The van der Waals surface area contributed by atoms with Crippen molar-refractivity contribution in [3.8, 4) is 5.75 Å². The highest BCUT2D eigenvalue weighted by Gasteiger charge is 2.21. The molecule has 1 amide bonds. The molecule has 0 aliphatic carbocycles. The largest absolute Gasteiger partial charge is 0.481 e. The van der Waals surface area contributed by atoms with Gasteiger partial charge in [0, 0.05) is 18.8 Å². The third-order valence-electron chi connectivity index (χ3n) is 6.19. The van der Waals surface area contributed by atoms with E-state index < -0.39 is 6.10 Å². The molecule has 0 bridgehead atoms. The van der Waals surface area contributed by atoms with Crippen molar-refractivity contribution in [3.05, 3.63) is 59.2 Å². The molecule has 4 nitrogen and oxygen atoms in total. The smallest absolute Gasteiger partial charge is 0.261 e. The number of rotatable bonds is 7. The Hall–Kier alpha value is -2.49. The molecule has 3 atom stereocenters. The van der Waals surface area contributed by atoms with Crippen LogP contribution in [-0.4, -0.2) is 25.1 Å². The van der Waals surface area contributed by atoms with Crippen molar-refractivity contribution in [2.24, 2.45) is 5.92 Å². The summed E-state index contributed by atoms with van der Waals surface area (Å²) in [7, 11) is 0. The average molecular weight is 409 g/mol. The zero-order valence-electron chi connectivity index (χ0n) is 19.1. The lowest BCUT2D eigenvalue weighted by atomic mass is 9.99. The molecule has 0 radical (unpaired) electrons. The fourth-order valence-corrected chi connectivity index (χ4v) is 4.06. The standard InChI is InChI=1S/C26H36N2O2/c1-6-25(30-24-14-9-19(3)20(4)16-24)26(29)27-21(5)22-10-12-23(13-11-22)28-15-7-8-18(2)17-28/h9-14,16,18,21,25H,6-8,15,17H2,1-5H3,(H,27,29)/t18-,21-,25+/m1/s1. The monoisotopic (exact) mass is 408 g/mol. The van der Waals surface area contributed by atoms with Crippen LogP contribution >= 0.6 is 0 Å². The Morgan fingerprint density at radius 2 is 1.90 bits per heavy atom. The summed E-state index contributed by atoms with van der Waals surface area (Å²) in [5.74, 6) is 1.42. The Morgan fingerprint density at radius 1 is 1.17 bits per heavy atom. The second-order valence-electron chi connectivity index (χ2n) is 8.78. The molecule has 1 fully saturated rings. The van der Waals surface area contributed by atoms with Gasteiger partial charge in [-0.2, -0.15) is 0 Å². The summed E-state index contributed by atoms with van der Waals surface area (Å²) in [6.07, 6.45) is 2.70. The molecule has 1 heterocycles. The lowest BCUT2D eigenvalue weighted by Gasteiger charge is -2.33. The highest BCUT2D eigenvalue weighted by molar-refractivity contribution is 5.81. The lowest BCUT2D eigenvalue weighted by Crippen LogP contribution is -2.39. The van der Waals surface area contributed by atoms with Crippen LogP contribution in [0.25, 0.3) is 0 Å². The van der Waals surface area contributed by atoms with Crippen LogP contribution in [0.3, 0.4) is 0 Å². The first-order valence-electron chi connectivity index (χ1n) is 11.3. The predicted octanol–water partition coefficient (Wildman–Crippen LogP) is 5.57. The number of anilines is 1. The van der Waals surface area contributed by atoms with Crippen molar-refractivity contribution >= 4 is 11.6 Å². The van der Waals surface area contributed by atoms with E-state index in [-0.39, 0.29) is 11.9 Å². The van der Waals surface area contributed by atoms with Gasteiger partial charge in [-0.3, -0.25) is 4.79 Å². The van der Waals surface area contributed by atoms with Gasteiger partial charge in [0.1, 0.15) is 5.75 Å². The molecule has 1 aliphatic heterocycles. The van der Waals surface area contributed by atoms with Gasteiger partial charge >= 0.3 is 0 Å². The summed E-state index contributed by atoms with van der Waals surface area (Å²) in [5.41, 5.74) is 4.77. The fraction of sp³-hybridized carbons (Fsp3) is 0.500. The second kappa shape index (κ2) is 10.0. The molecule has 0 aromatic heterocycles. The minimum absolute atomic E-state index is 0.0655. The Balaban J connectivity index is 1.60. The van der Waals surface area contributed by atoms with E-state index in [1.807, 2.05) is 32.0 Å². The van der Waals surface area contributed by atoms with Gasteiger partial charge in [0.05, 0.1) is 6.04 Å². The van der Waals surface area contributed by atoms with Gasteiger partial charge < -0.3 is 15.0 Å². The first-order chi connectivity index (χ1) is 14.4. The maximum Gasteiger partial charge on any atom is 0.261 e. The summed E-state index contributed by atoms with van der Waals surface area (Å²) < 4.78 is 5.99. The average Bonchev–Trinajstić information content (AvgIpc) is 2.74. The second-order valence-corrected chi connectivity index (χ2v) is 8.78. The van der Waals surface area contributed by atoms with E-state index in [4.69, 9.17) is 4.74 Å². The molecule has 1 saturated heterocycles. The van der Waals surface area contributed by atoms with E-state index in [9.17, 15) is 4.79 Å². The van der Waals surface area contributed by atoms with Crippen molar-refractivity contribution in [1.82, 2.24) is 5.32 Å². The number of piperidine rings is 1. The van der Waals surface area contributed by atoms with Crippen molar-refractivity contribution in [3.63, 3.8) is 0 Å². The predicted molar refractivity (Wildman–Crippen MR) is 124 cm³/mol. The van der Waals surface area contributed by atoms with E-state index >= 15 is 0 Å². The molecule has 2 aromatic rings. The number of aryl methyl sites for hydroxylation is 2. The summed E-state index contributed by atoms with van der Waals surface area (Å²) in [4.78, 5) is 15.3. The molecular weight excluding hydrogens is 372 g/mol. The van der Waals surface area contributed by atoms with Crippen LogP contribution in [0, 0.1) is 19.8 Å². The van der Waals surface area contributed by atoms with E-state index in [2.05, 4.69) is 55.3 Å². The van der Waals surface area contributed by atoms with Crippen LogP contribution in [-0.2, 0) is 4.79 Å². The summed E-state index contributed by atoms with van der Waals surface area (Å²) >= 11 is 0. The van der Waals surface area contributed by atoms with Crippen LogP contribution in [0.15, 0.2) is 42.5 Å². The van der Waals surface area contributed by atoms with Gasteiger partial charge in [-0.25, -0.2) is 0 Å². The van der Waals surface area contributed by atoms with Crippen LogP contribution in [0.5, 0.6) is 5.75 Å². The topological polar surface area (TPSA) is 41.6 Å². The number of amides is 1. The first-order valence-corrected chi connectivity index (χ1v) is 11.3. The molecule has 30 heavy (non-hydrogen) atoms. The van der Waals surface area contributed by atoms with Gasteiger partial charge in [-0.15, -0.1) is 0 Å². The van der Waals surface area contributed by atoms with Gasteiger partial charge in [0.15, 0.2) is 6.10 Å². The summed E-state index contributed by atoms with van der Waals surface area (Å²) in [5, 5.41) is 3.12. The lowest BCUT2D eigenvalue weighted by molar-refractivity contribution is -0.128. The summed E-state index contributed by atoms with van der Waals surface area (Å²) in [6.45, 7) is 12.7. The third kappa shape index (κ3) is 5.56. The molecule has 0 saturated carbocycles. The van der Waals surface area contributed by atoms with Gasteiger partial charge in [-0.05, 0) is 86.9 Å². The van der Waals surface area contributed by atoms with Crippen LogP contribution in [0.4, 0.5) is 5.69 Å². The van der Waals surface area contributed by atoms with E-state index in [1.165, 1.54) is 29.7 Å². The van der Waals surface area contributed by atoms with Gasteiger partial charge in [-0.1, -0.05) is 32.0 Å². The third-order valence-corrected chi connectivity index (χ3v) is 6.19. The summed E-state index contributed by atoms with van der Waals surface area (Å²) in [6, 6.07) is 14.5. The molecule has 4 heteroatoms. The SMILES string of the molecule is CC[C@H](Oc1ccc(C)c(C)c1)C(=O)N[C@H](C)c1ccc(N2CCC[C@@H](C)C2)cc1. The number of carbonyl (C=O) groups is 1. The first kappa shape index (κ1) is 22.2. The number of carbonyl (C=O) groups excluding carboxylic acids is 1. The van der Waals surface area contributed by atoms with Crippen molar-refractivity contribution in [2.45, 2.75) is 66.0 Å². The van der Waals surface area contributed by atoms with E-state index in [0.29, 0.717) is 6.42 Å². The van der Waals surface area contributed by atoms with E-state index in [0.717, 1.165) is 30.3 Å². The Kier molecular flexibility index (Phi) is 7.41. The zero-order valence-corrected chi connectivity index (χ0v) is 19.1. The Bertz CT molecular complexity index is 847. The molecule has 3 rings (SSSR count). The Labute approximate surface area is 181 Å². The minimum Gasteiger partial charge on any atom is -0.481 e. The van der Waals surface area contributed by atoms with Crippen molar-refractivity contribution in [2.75, 3.05) is 18.0 Å². The number of ether oxygens (including phenoxy) is 1. The highest BCUT2D eigenvalue weighted by atomic mass is 16.5. The maximum absolute atomic E-state index is 12.8. The number of hydrogen-bond donors (Lipinski definition) is 1. The van der Waals surface area contributed by atoms with Crippen molar-refractivity contribution < 1.29 is 9.53 Å². The molecule has 0 spiro atoms. The molecule has 1 N–H and O–H groups in total. The van der Waals surface area contributed by atoms with E-state index in [1.54, 1.807) is 0 Å². The van der Waals surface area contributed by atoms with Crippen LogP contribution in [0.1, 0.15) is 62.8 Å². The van der Waals surface area contributed by atoms with Crippen LogP contribution < -0.4 is 15.0 Å². The van der Waals surface area contributed by atoms with Crippen molar-refractivity contribution in [1.29, 1.82) is 0 Å². The quantitative estimate of drug-likeness (QED) is 0.651. The zero-order chi connectivity index (χ0) is 21.7. The number of hydrogen-bond acceptors (Lipinski definition) is 3. The fourth-order valence-electron chi connectivity index (χ4n) is 4.06. The van der Waals surface area contributed by atoms with Gasteiger partial charge in [0.25, 0.3) is 5.91 Å². The highest BCUT2D eigenvalue weighted by Crippen LogP contribution is 2.25. The molecule has 0 unspecified atom stereocenters. The number of nitrogens with one attached hydrogen (secondary N) is 1. The minimum atomic E-state index is -0.497. The molecule has 1 aliphatic rings. The maximum atomic E-state index is 12.8. The molecule has 162 valence electrons. The molecule has 2 aromatic carbocycles. The van der Waals surface area contributed by atoms with Gasteiger partial charge in [0.2, 0.25) is 0 Å². The van der Waals surface area contributed by atoms with Crippen LogP contribution in [0.2, 0.25) is 0 Å². The number of nitrogens with zero attached hydrogens (tertiary/aromatic N) is 1. The molecular formula is C26H36N2O2. The normalized spacial score (nSPS) is 18.6. The number of benzene rings is 2. The Morgan fingerprint density at radius 3 is 2.53 bits per heavy atom.